The number of carbonyl (C=O) groups is 1. The zero-order chi connectivity index (χ0) is 13.5. The molecule has 0 aliphatic carbocycles. The van der Waals surface area contributed by atoms with Crippen LogP contribution >= 0.6 is 0 Å². The molecule has 0 aliphatic rings. The summed E-state index contributed by atoms with van der Waals surface area (Å²) in [6.07, 6.45) is 3.00. The molecule has 0 aliphatic heterocycles. The average molecular weight is 262 g/mol. The van der Waals surface area contributed by atoms with Crippen LogP contribution in [-0.2, 0) is 17.6 Å². The summed E-state index contributed by atoms with van der Waals surface area (Å²) in [6, 6.07) is 6.29. The molecule has 2 aromatic rings. The van der Waals surface area contributed by atoms with E-state index in [4.69, 9.17) is 0 Å². The standard InChI is InChI=1S/C13H15FN4O/c14-11-5-2-1-4-10(11)8-13(19)15-7-3-6-12-16-9-17-18-12/h1-2,4-5,9H,3,6-8H2,(H,15,19)(H,16,17,18). The molecular weight excluding hydrogens is 247 g/mol. The zero-order valence-corrected chi connectivity index (χ0v) is 10.4. The van der Waals surface area contributed by atoms with E-state index in [0.717, 1.165) is 18.7 Å². The van der Waals surface area contributed by atoms with E-state index in [1.165, 1.54) is 12.4 Å². The predicted molar refractivity (Wildman–Crippen MR) is 67.8 cm³/mol. The fourth-order valence-electron chi connectivity index (χ4n) is 1.71. The number of aromatic amines is 1. The minimum atomic E-state index is -0.348. The van der Waals surface area contributed by atoms with Crippen molar-refractivity contribution in [3.63, 3.8) is 0 Å². The van der Waals surface area contributed by atoms with Crippen LogP contribution in [0.15, 0.2) is 30.6 Å². The Morgan fingerprint density at radius 2 is 2.21 bits per heavy atom. The van der Waals surface area contributed by atoms with Gasteiger partial charge < -0.3 is 5.32 Å². The second-order valence-corrected chi connectivity index (χ2v) is 4.15. The van der Waals surface area contributed by atoms with Crippen LogP contribution in [0.1, 0.15) is 17.8 Å². The van der Waals surface area contributed by atoms with Gasteiger partial charge in [0, 0.05) is 13.0 Å². The summed E-state index contributed by atoms with van der Waals surface area (Å²) in [7, 11) is 0. The largest absolute Gasteiger partial charge is 0.356 e. The number of hydrogen-bond acceptors (Lipinski definition) is 3. The molecule has 1 amide bonds. The molecular formula is C13H15FN4O. The number of benzene rings is 1. The van der Waals surface area contributed by atoms with E-state index in [1.54, 1.807) is 18.2 Å². The number of amides is 1. The molecule has 1 heterocycles. The Labute approximate surface area is 110 Å². The molecule has 6 heteroatoms. The van der Waals surface area contributed by atoms with Crippen molar-refractivity contribution in [1.29, 1.82) is 0 Å². The van der Waals surface area contributed by atoms with Crippen molar-refractivity contribution in [1.82, 2.24) is 20.5 Å². The summed E-state index contributed by atoms with van der Waals surface area (Å²) < 4.78 is 13.3. The van der Waals surface area contributed by atoms with Crippen LogP contribution in [0, 0.1) is 5.82 Å². The van der Waals surface area contributed by atoms with Crippen LogP contribution in [0.3, 0.4) is 0 Å². The molecule has 0 spiro atoms. The van der Waals surface area contributed by atoms with Crippen LogP contribution in [-0.4, -0.2) is 27.6 Å². The molecule has 0 unspecified atom stereocenters. The molecule has 2 rings (SSSR count). The average Bonchev–Trinajstić information content (AvgIpc) is 2.91. The quantitative estimate of drug-likeness (QED) is 0.769. The summed E-state index contributed by atoms with van der Waals surface area (Å²) in [5.74, 6) is 0.269. The molecule has 0 atom stereocenters. The highest BCUT2D eigenvalue weighted by molar-refractivity contribution is 5.78. The van der Waals surface area contributed by atoms with E-state index in [-0.39, 0.29) is 18.1 Å². The fraction of sp³-hybridized carbons (Fsp3) is 0.308. The van der Waals surface area contributed by atoms with Crippen LogP contribution < -0.4 is 5.32 Å². The SMILES string of the molecule is O=C(Cc1ccccc1F)NCCCc1ncn[nH]1. The van der Waals surface area contributed by atoms with Crippen molar-refractivity contribution in [2.24, 2.45) is 0 Å². The third-order valence-corrected chi connectivity index (χ3v) is 2.69. The molecule has 1 aromatic heterocycles. The second-order valence-electron chi connectivity index (χ2n) is 4.15. The van der Waals surface area contributed by atoms with Crippen molar-refractivity contribution < 1.29 is 9.18 Å². The molecule has 0 radical (unpaired) electrons. The number of carbonyl (C=O) groups excluding carboxylic acids is 1. The zero-order valence-electron chi connectivity index (χ0n) is 10.4. The fourth-order valence-corrected chi connectivity index (χ4v) is 1.71. The van der Waals surface area contributed by atoms with Gasteiger partial charge in [0.05, 0.1) is 6.42 Å². The Morgan fingerprint density at radius 1 is 1.37 bits per heavy atom. The van der Waals surface area contributed by atoms with Gasteiger partial charge >= 0.3 is 0 Å². The summed E-state index contributed by atoms with van der Waals surface area (Å²) in [4.78, 5) is 15.6. The van der Waals surface area contributed by atoms with Gasteiger partial charge in [0.2, 0.25) is 5.91 Å². The van der Waals surface area contributed by atoms with E-state index in [0.29, 0.717) is 12.1 Å². The highest BCUT2D eigenvalue weighted by atomic mass is 19.1. The highest BCUT2D eigenvalue weighted by Crippen LogP contribution is 2.06. The normalized spacial score (nSPS) is 10.4. The van der Waals surface area contributed by atoms with E-state index < -0.39 is 0 Å². The summed E-state index contributed by atoms with van der Waals surface area (Å²) in [5, 5.41) is 9.24. The number of rotatable bonds is 6. The maximum absolute atomic E-state index is 13.3. The number of aromatic nitrogens is 3. The third kappa shape index (κ3) is 4.17. The molecule has 100 valence electrons. The minimum absolute atomic E-state index is 0.0645. The first-order valence-electron chi connectivity index (χ1n) is 6.10. The lowest BCUT2D eigenvalue weighted by atomic mass is 10.1. The molecule has 0 bridgehead atoms. The van der Waals surface area contributed by atoms with Crippen molar-refractivity contribution in [3.05, 3.63) is 47.8 Å². The first kappa shape index (κ1) is 13.2. The topological polar surface area (TPSA) is 70.7 Å². The van der Waals surface area contributed by atoms with Crippen LogP contribution in [0.4, 0.5) is 4.39 Å². The van der Waals surface area contributed by atoms with E-state index in [1.807, 2.05) is 0 Å². The number of nitrogens with zero attached hydrogens (tertiary/aromatic N) is 2. The Morgan fingerprint density at radius 3 is 2.95 bits per heavy atom. The van der Waals surface area contributed by atoms with E-state index in [9.17, 15) is 9.18 Å². The molecule has 0 saturated heterocycles. The number of aryl methyl sites for hydroxylation is 1. The lowest BCUT2D eigenvalue weighted by Crippen LogP contribution is -2.26. The molecule has 19 heavy (non-hydrogen) atoms. The Bertz CT molecular complexity index is 527. The molecule has 0 fully saturated rings. The van der Waals surface area contributed by atoms with Crippen molar-refractivity contribution in [2.45, 2.75) is 19.3 Å². The number of hydrogen-bond donors (Lipinski definition) is 2. The molecule has 5 nitrogen and oxygen atoms in total. The maximum Gasteiger partial charge on any atom is 0.224 e. The van der Waals surface area contributed by atoms with Crippen molar-refractivity contribution in [3.8, 4) is 0 Å². The number of halogens is 1. The van der Waals surface area contributed by atoms with Gasteiger partial charge in [0.15, 0.2) is 0 Å². The lowest BCUT2D eigenvalue weighted by Gasteiger charge is -2.05. The van der Waals surface area contributed by atoms with Crippen LogP contribution in [0.2, 0.25) is 0 Å². The summed E-state index contributed by atoms with van der Waals surface area (Å²) in [5.41, 5.74) is 0.412. The molecule has 2 N–H and O–H groups in total. The van der Waals surface area contributed by atoms with Crippen molar-refractivity contribution in [2.75, 3.05) is 6.54 Å². The molecule has 0 saturated carbocycles. The number of nitrogens with one attached hydrogen (secondary N) is 2. The van der Waals surface area contributed by atoms with Gasteiger partial charge in [-0.3, -0.25) is 9.89 Å². The van der Waals surface area contributed by atoms with Gasteiger partial charge in [-0.15, -0.1) is 0 Å². The van der Waals surface area contributed by atoms with E-state index in [2.05, 4.69) is 20.5 Å². The monoisotopic (exact) mass is 262 g/mol. The Hall–Kier alpha value is -2.24. The van der Waals surface area contributed by atoms with Crippen LogP contribution in [0.25, 0.3) is 0 Å². The third-order valence-electron chi connectivity index (χ3n) is 2.69. The first-order chi connectivity index (χ1) is 9.25. The smallest absolute Gasteiger partial charge is 0.224 e. The van der Waals surface area contributed by atoms with Crippen LogP contribution in [0.5, 0.6) is 0 Å². The summed E-state index contributed by atoms with van der Waals surface area (Å²) >= 11 is 0. The van der Waals surface area contributed by atoms with Gasteiger partial charge in [-0.1, -0.05) is 18.2 Å². The Balaban J connectivity index is 1.69. The van der Waals surface area contributed by atoms with Gasteiger partial charge in [-0.2, -0.15) is 5.10 Å². The van der Waals surface area contributed by atoms with Gasteiger partial charge in [0.25, 0.3) is 0 Å². The predicted octanol–water partition coefficient (Wildman–Crippen LogP) is 1.24. The van der Waals surface area contributed by atoms with Gasteiger partial charge in [0.1, 0.15) is 18.0 Å². The van der Waals surface area contributed by atoms with E-state index >= 15 is 0 Å². The lowest BCUT2D eigenvalue weighted by molar-refractivity contribution is -0.120. The Kier molecular flexibility index (Phi) is 4.60. The minimum Gasteiger partial charge on any atom is -0.356 e. The highest BCUT2D eigenvalue weighted by Gasteiger charge is 2.06. The van der Waals surface area contributed by atoms with Crippen molar-refractivity contribution >= 4 is 5.91 Å². The maximum atomic E-state index is 13.3. The van der Waals surface area contributed by atoms with Gasteiger partial charge in [-0.25, -0.2) is 9.37 Å². The van der Waals surface area contributed by atoms with Gasteiger partial charge in [-0.05, 0) is 18.1 Å². The number of H-pyrrole nitrogens is 1. The summed E-state index contributed by atoms with van der Waals surface area (Å²) in [6.45, 7) is 0.536. The first-order valence-corrected chi connectivity index (χ1v) is 6.10. The second kappa shape index (κ2) is 6.63. The molecule has 1 aromatic carbocycles.